The summed E-state index contributed by atoms with van der Waals surface area (Å²) in [5, 5.41) is 12.1. The van der Waals surface area contributed by atoms with E-state index in [0.717, 1.165) is 11.3 Å². The lowest BCUT2D eigenvalue weighted by molar-refractivity contribution is -0.116. The Kier molecular flexibility index (Phi) is 5.26. The minimum absolute atomic E-state index is 0.212. The Morgan fingerprint density at radius 1 is 1.44 bits per heavy atom. The van der Waals surface area contributed by atoms with Crippen molar-refractivity contribution in [2.75, 3.05) is 0 Å². The lowest BCUT2D eigenvalue weighted by Crippen LogP contribution is -2.20. The van der Waals surface area contributed by atoms with Gasteiger partial charge >= 0.3 is 5.97 Å². The number of aryl methyl sites for hydroxylation is 1. The summed E-state index contributed by atoms with van der Waals surface area (Å²) in [4.78, 5) is 26.5. The molecule has 5 nitrogen and oxygen atoms in total. The highest BCUT2D eigenvalue weighted by Crippen LogP contribution is 2.17. The van der Waals surface area contributed by atoms with Crippen LogP contribution in [0.5, 0.6) is 0 Å². The van der Waals surface area contributed by atoms with Crippen molar-refractivity contribution >= 4 is 23.2 Å². The second-order valence-corrected chi connectivity index (χ2v) is 4.51. The second kappa shape index (κ2) is 6.70. The van der Waals surface area contributed by atoms with E-state index < -0.39 is 5.97 Å². The summed E-state index contributed by atoms with van der Waals surface area (Å²) in [6.45, 7) is 3.73. The summed E-state index contributed by atoms with van der Waals surface area (Å²) in [6.07, 6.45) is 6.59. The van der Waals surface area contributed by atoms with Gasteiger partial charge in [0.1, 0.15) is 9.88 Å². The summed E-state index contributed by atoms with van der Waals surface area (Å²) >= 11 is 1.07. The maximum absolute atomic E-state index is 11.3. The second-order valence-electron chi connectivity index (χ2n) is 3.43. The van der Waals surface area contributed by atoms with Gasteiger partial charge in [-0.2, -0.15) is 0 Å². The lowest BCUT2D eigenvalue weighted by Gasteiger charge is -1.97. The van der Waals surface area contributed by atoms with E-state index in [1.807, 2.05) is 13.0 Å². The lowest BCUT2D eigenvalue weighted by atomic mass is 10.4. The van der Waals surface area contributed by atoms with Crippen molar-refractivity contribution in [2.45, 2.75) is 20.4 Å². The highest BCUT2D eigenvalue weighted by Gasteiger charge is 2.13. The molecule has 1 heterocycles. The van der Waals surface area contributed by atoms with Crippen LogP contribution < -0.4 is 5.32 Å². The third-order valence-electron chi connectivity index (χ3n) is 2.00. The van der Waals surface area contributed by atoms with E-state index in [1.165, 1.54) is 6.08 Å². The van der Waals surface area contributed by atoms with E-state index in [-0.39, 0.29) is 17.3 Å². The van der Waals surface area contributed by atoms with Crippen molar-refractivity contribution in [3.05, 3.63) is 39.9 Å². The van der Waals surface area contributed by atoms with Gasteiger partial charge in [-0.1, -0.05) is 18.2 Å². The summed E-state index contributed by atoms with van der Waals surface area (Å²) in [5.74, 6) is -1.23. The fraction of sp³-hybridized carbons (Fsp3) is 0.250. The van der Waals surface area contributed by atoms with Gasteiger partial charge < -0.3 is 10.4 Å². The van der Waals surface area contributed by atoms with Gasteiger partial charge in [0.15, 0.2) is 0 Å². The van der Waals surface area contributed by atoms with Gasteiger partial charge in [0, 0.05) is 6.08 Å². The predicted octanol–water partition coefficient (Wildman–Crippen LogP) is 1.90. The number of carboxylic acid groups (broad SMARTS) is 1. The number of thiazole rings is 1. The molecule has 0 saturated carbocycles. The number of hydrogen-bond donors (Lipinski definition) is 2. The standard InChI is InChI=1S/C12H14N2O3S/c1-3-4-5-6-9(15)13-7-10-14-8(2)11(18-10)12(16)17/h3-6H,7H2,1-2H3,(H,13,15)(H,16,17)/b4-3+,6-5+. The molecule has 0 aliphatic rings. The maximum atomic E-state index is 11.3. The highest BCUT2D eigenvalue weighted by atomic mass is 32.1. The first kappa shape index (κ1) is 14.1. The molecule has 0 atom stereocenters. The van der Waals surface area contributed by atoms with Crippen molar-refractivity contribution in [1.82, 2.24) is 10.3 Å². The number of hydrogen-bond acceptors (Lipinski definition) is 4. The van der Waals surface area contributed by atoms with E-state index in [1.54, 1.807) is 19.1 Å². The van der Waals surface area contributed by atoms with Crippen molar-refractivity contribution in [2.24, 2.45) is 0 Å². The molecule has 1 aromatic rings. The monoisotopic (exact) mass is 266 g/mol. The zero-order valence-corrected chi connectivity index (χ0v) is 11.0. The van der Waals surface area contributed by atoms with Gasteiger partial charge in [0.2, 0.25) is 5.91 Å². The molecule has 0 radical (unpaired) electrons. The SMILES string of the molecule is C/C=C/C=C/C(=O)NCc1nc(C)c(C(=O)O)s1. The Bertz CT molecular complexity index is 503. The number of amides is 1. The fourth-order valence-corrected chi connectivity index (χ4v) is 2.05. The number of carbonyl (C=O) groups is 2. The summed E-state index contributed by atoms with van der Waals surface area (Å²) < 4.78 is 0. The Hall–Kier alpha value is -1.95. The van der Waals surface area contributed by atoms with E-state index >= 15 is 0 Å². The van der Waals surface area contributed by atoms with Crippen LogP contribution in [0.1, 0.15) is 27.3 Å². The molecule has 6 heteroatoms. The molecule has 1 rings (SSSR count). The Labute approximate surface area is 109 Å². The van der Waals surface area contributed by atoms with Crippen molar-refractivity contribution in [3.8, 4) is 0 Å². The van der Waals surface area contributed by atoms with Crippen LogP contribution in [0.15, 0.2) is 24.3 Å². The molecule has 2 N–H and O–H groups in total. The number of nitrogens with zero attached hydrogens (tertiary/aromatic N) is 1. The van der Waals surface area contributed by atoms with Crippen LogP contribution in [0.3, 0.4) is 0 Å². The first-order valence-corrected chi connectivity index (χ1v) is 6.13. The molecule has 0 bridgehead atoms. The van der Waals surface area contributed by atoms with Gasteiger partial charge in [0.05, 0.1) is 12.2 Å². The Balaban J connectivity index is 2.56. The van der Waals surface area contributed by atoms with Gasteiger partial charge in [-0.3, -0.25) is 4.79 Å². The number of nitrogens with one attached hydrogen (secondary N) is 1. The molecule has 0 aliphatic heterocycles. The molecule has 18 heavy (non-hydrogen) atoms. The normalized spacial score (nSPS) is 11.2. The number of rotatable bonds is 5. The topological polar surface area (TPSA) is 79.3 Å². The Morgan fingerprint density at radius 2 is 2.17 bits per heavy atom. The molecule has 0 fully saturated rings. The molecule has 1 aromatic heterocycles. The van der Waals surface area contributed by atoms with Crippen LogP contribution in [0.25, 0.3) is 0 Å². The third-order valence-corrected chi connectivity index (χ3v) is 3.15. The predicted molar refractivity (Wildman–Crippen MR) is 69.6 cm³/mol. The van der Waals surface area contributed by atoms with Gasteiger partial charge in [-0.05, 0) is 13.8 Å². The van der Waals surface area contributed by atoms with Crippen LogP contribution in [0.4, 0.5) is 0 Å². The van der Waals surface area contributed by atoms with Crippen molar-refractivity contribution in [3.63, 3.8) is 0 Å². The number of allylic oxidation sites excluding steroid dienone is 3. The molecule has 0 spiro atoms. The summed E-state index contributed by atoms with van der Waals surface area (Å²) in [5.41, 5.74) is 0.473. The van der Waals surface area contributed by atoms with Gasteiger partial charge in [0.25, 0.3) is 0 Å². The van der Waals surface area contributed by atoms with Crippen LogP contribution in [-0.4, -0.2) is 22.0 Å². The summed E-state index contributed by atoms with van der Waals surface area (Å²) in [6, 6.07) is 0. The average Bonchev–Trinajstić information content (AvgIpc) is 2.68. The third kappa shape index (κ3) is 4.14. The maximum Gasteiger partial charge on any atom is 0.347 e. The summed E-state index contributed by atoms with van der Waals surface area (Å²) in [7, 11) is 0. The number of carboxylic acids is 1. The van der Waals surface area contributed by atoms with Gasteiger partial charge in [-0.25, -0.2) is 9.78 Å². The number of aromatic nitrogens is 1. The largest absolute Gasteiger partial charge is 0.477 e. The van der Waals surface area contributed by atoms with E-state index in [4.69, 9.17) is 5.11 Å². The smallest absolute Gasteiger partial charge is 0.347 e. The molecule has 96 valence electrons. The molecule has 0 aliphatic carbocycles. The molecule has 0 saturated heterocycles. The van der Waals surface area contributed by atoms with Gasteiger partial charge in [-0.15, -0.1) is 11.3 Å². The quantitative estimate of drug-likeness (QED) is 0.630. The van der Waals surface area contributed by atoms with E-state index in [2.05, 4.69) is 10.3 Å². The minimum atomic E-state index is -0.990. The Morgan fingerprint density at radius 3 is 2.72 bits per heavy atom. The number of aromatic carboxylic acids is 1. The zero-order chi connectivity index (χ0) is 13.5. The van der Waals surface area contributed by atoms with E-state index in [9.17, 15) is 9.59 Å². The first-order chi connectivity index (χ1) is 8.54. The van der Waals surface area contributed by atoms with E-state index in [0.29, 0.717) is 10.7 Å². The first-order valence-electron chi connectivity index (χ1n) is 5.31. The highest BCUT2D eigenvalue weighted by molar-refractivity contribution is 7.13. The fourth-order valence-electron chi connectivity index (χ4n) is 1.20. The van der Waals surface area contributed by atoms with Crippen molar-refractivity contribution in [1.29, 1.82) is 0 Å². The van der Waals surface area contributed by atoms with Crippen LogP contribution in [0, 0.1) is 6.92 Å². The minimum Gasteiger partial charge on any atom is -0.477 e. The molecule has 0 aromatic carbocycles. The molecule has 0 unspecified atom stereocenters. The zero-order valence-electron chi connectivity index (χ0n) is 10.1. The average molecular weight is 266 g/mol. The number of carbonyl (C=O) groups excluding carboxylic acids is 1. The van der Waals surface area contributed by atoms with Crippen molar-refractivity contribution < 1.29 is 14.7 Å². The van der Waals surface area contributed by atoms with Crippen LogP contribution in [0.2, 0.25) is 0 Å². The molecule has 1 amide bonds. The molecular formula is C12H14N2O3S. The van der Waals surface area contributed by atoms with Crippen LogP contribution in [-0.2, 0) is 11.3 Å². The van der Waals surface area contributed by atoms with Crippen LogP contribution >= 0.6 is 11.3 Å². The molecular weight excluding hydrogens is 252 g/mol.